The number of rotatable bonds is 61. The van der Waals surface area contributed by atoms with E-state index in [4.69, 9.17) is 14.2 Å². The van der Waals surface area contributed by atoms with Crippen LogP contribution in [-0.4, -0.2) is 37.2 Å². The summed E-state index contributed by atoms with van der Waals surface area (Å²) in [5.41, 5.74) is 0. The van der Waals surface area contributed by atoms with Crippen LogP contribution >= 0.6 is 0 Å². The zero-order valence-electron chi connectivity index (χ0n) is 53.0. The van der Waals surface area contributed by atoms with Crippen molar-refractivity contribution >= 4 is 17.9 Å². The molecule has 0 saturated heterocycles. The summed E-state index contributed by atoms with van der Waals surface area (Å²) in [6, 6.07) is 0. The zero-order valence-corrected chi connectivity index (χ0v) is 53.0. The highest BCUT2D eigenvalue weighted by atomic mass is 16.6. The number of hydrogen-bond acceptors (Lipinski definition) is 6. The van der Waals surface area contributed by atoms with E-state index in [-0.39, 0.29) is 37.5 Å². The van der Waals surface area contributed by atoms with Gasteiger partial charge in [0.05, 0.1) is 0 Å². The Morgan fingerprint density at radius 3 is 0.840 bits per heavy atom. The predicted octanol–water partition coefficient (Wildman–Crippen LogP) is 23.6. The average Bonchev–Trinajstić information content (AvgIpc) is 3.46. The maximum atomic E-state index is 12.9. The smallest absolute Gasteiger partial charge is 0.306 e. The minimum atomic E-state index is -0.812. The number of esters is 3. The standard InChI is InChI=1S/C75H126O6/c1-4-7-10-13-16-19-22-25-27-29-31-33-34-35-36-37-38-39-40-42-43-45-47-50-53-56-59-62-65-68-74(77)80-71-72(70-79-73(76)67-64-61-58-55-52-49-24-21-18-15-12-9-6-3)81-75(78)69-66-63-60-57-54-51-48-46-44-41-32-30-28-26-23-20-17-14-11-8-5-2/h7,9-10,12,16,18-19,21,25,27,30-33,35-36,49,52,58,61,72H,4-6,8,11,13-15,17,20,22-24,26,28-29,34,37-48,50-51,53-57,59-60,62-71H2,1-3H3/b10-7-,12-9-,19-16-,21-18-,27-25-,32-30-,33-31-,36-35-,52-49-,61-58-. The van der Waals surface area contributed by atoms with Crippen molar-refractivity contribution in [3.05, 3.63) is 122 Å². The van der Waals surface area contributed by atoms with E-state index in [9.17, 15) is 14.4 Å². The van der Waals surface area contributed by atoms with Crippen molar-refractivity contribution in [2.75, 3.05) is 13.2 Å². The van der Waals surface area contributed by atoms with E-state index in [0.717, 1.165) is 96.3 Å². The quantitative estimate of drug-likeness (QED) is 0.0261. The van der Waals surface area contributed by atoms with Crippen molar-refractivity contribution < 1.29 is 28.6 Å². The molecule has 0 radical (unpaired) electrons. The fraction of sp³-hybridized carbons (Fsp3) is 0.693. The van der Waals surface area contributed by atoms with E-state index < -0.39 is 6.10 Å². The van der Waals surface area contributed by atoms with Crippen LogP contribution in [0.5, 0.6) is 0 Å². The highest BCUT2D eigenvalue weighted by Crippen LogP contribution is 2.16. The van der Waals surface area contributed by atoms with E-state index >= 15 is 0 Å². The second kappa shape index (κ2) is 68.3. The van der Waals surface area contributed by atoms with Crippen LogP contribution in [-0.2, 0) is 28.6 Å². The molecule has 0 bridgehead atoms. The second-order valence-corrected chi connectivity index (χ2v) is 22.3. The molecule has 0 aliphatic heterocycles. The molecule has 6 heteroatoms. The number of ether oxygens (including phenoxy) is 3. The summed E-state index contributed by atoms with van der Waals surface area (Å²) >= 11 is 0. The molecule has 462 valence electrons. The summed E-state index contributed by atoms with van der Waals surface area (Å²) in [6.45, 7) is 6.37. The number of carbonyl (C=O) groups excluding carboxylic acids is 3. The maximum absolute atomic E-state index is 12.9. The molecule has 0 heterocycles. The molecule has 0 aromatic carbocycles. The Morgan fingerprint density at radius 2 is 0.506 bits per heavy atom. The fourth-order valence-electron chi connectivity index (χ4n) is 9.42. The van der Waals surface area contributed by atoms with E-state index in [0.29, 0.717) is 19.3 Å². The summed E-state index contributed by atoms with van der Waals surface area (Å²) in [5, 5.41) is 0. The van der Waals surface area contributed by atoms with E-state index in [1.54, 1.807) is 0 Å². The molecule has 0 aromatic heterocycles. The highest BCUT2D eigenvalue weighted by Gasteiger charge is 2.19. The summed E-state index contributed by atoms with van der Waals surface area (Å²) in [7, 11) is 0. The van der Waals surface area contributed by atoms with Crippen molar-refractivity contribution in [1.82, 2.24) is 0 Å². The van der Waals surface area contributed by atoms with Gasteiger partial charge in [0.15, 0.2) is 6.10 Å². The van der Waals surface area contributed by atoms with Crippen LogP contribution in [0.3, 0.4) is 0 Å². The minimum absolute atomic E-state index is 0.102. The third-order valence-corrected chi connectivity index (χ3v) is 14.4. The van der Waals surface area contributed by atoms with Gasteiger partial charge >= 0.3 is 17.9 Å². The lowest BCUT2D eigenvalue weighted by molar-refractivity contribution is -0.166. The van der Waals surface area contributed by atoms with Gasteiger partial charge in [-0.05, 0) is 116 Å². The van der Waals surface area contributed by atoms with Gasteiger partial charge < -0.3 is 14.2 Å². The average molecular weight is 1120 g/mol. The van der Waals surface area contributed by atoms with Crippen LogP contribution < -0.4 is 0 Å². The molecule has 6 nitrogen and oxygen atoms in total. The van der Waals surface area contributed by atoms with Gasteiger partial charge in [0.1, 0.15) is 13.2 Å². The molecule has 81 heavy (non-hydrogen) atoms. The van der Waals surface area contributed by atoms with Gasteiger partial charge in [0, 0.05) is 19.3 Å². The molecule has 0 amide bonds. The lowest BCUT2D eigenvalue weighted by atomic mass is 10.0. The van der Waals surface area contributed by atoms with Crippen LogP contribution in [0.1, 0.15) is 316 Å². The number of allylic oxidation sites excluding steroid dienone is 20. The van der Waals surface area contributed by atoms with Crippen molar-refractivity contribution in [2.24, 2.45) is 0 Å². The first-order chi connectivity index (χ1) is 40.0. The summed E-state index contributed by atoms with van der Waals surface area (Å²) in [6.07, 6.45) is 95.2. The Balaban J connectivity index is 4.31. The van der Waals surface area contributed by atoms with Crippen LogP contribution in [0.4, 0.5) is 0 Å². The molecular formula is C75H126O6. The van der Waals surface area contributed by atoms with Gasteiger partial charge in [-0.1, -0.05) is 303 Å². The van der Waals surface area contributed by atoms with E-state index in [1.807, 2.05) is 6.08 Å². The summed E-state index contributed by atoms with van der Waals surface area (Å²) < 4.78 is 16.9. The largest absolute Gasteiger partial charge is 0.462 e. The first kappa shape index (κ1) is 76.8. The van der Waals surface area contributed by atoms with Crippen molar-refractivity contribution in [3.63, 3.8) is 0 Å². The highest BCUT2D eigenvalue weighted by molar-refractivity contribution is 5.71. The van der Waals surface area contributed by atoms with Gasteiger partial charge in [-0.15, -0.1) is 0 Å². The fourth-order valence-corrected chi connectivity index (χ4v) is 9.42. The molecular weight excluding hydrogens is 997 g/mol. The lowest BCUT2D eigenvalue weighted by Crippen LogP contribution is -2.30. The Bertz CT molecular complexity index is 1670. The van der Waals surface area contributed by atoms with Crippen molar-refractivity contribution in [3.8, 4) is 0 Å². The SMILES string of the molecule is CC/C=C\C/C=C\C/C=C\C/C=C\C/C=C\CCCCCCCCCCCCCCCC(=O)OCC(COC(=O)CC/C=C\C/C=C\C/C=C\C/C=C\CC)OC(=O)CCCCCCCCCCC/C=C\CCCCCCCCCC. The number of hydrogen-bond donors (Lipinski definition) is 0. The number of carbonyl (C=O) groups is 3. The van der Waals surface area contributed by atoms with Gasteiger partial charge in [0.2, 0.25) is 0 Å². The molecule has 0 N–H and O–H groups in total. The molecule has 0 spiro atoms. The Hall–Kier alpha value is -4.19. The van der Waals surface area contributed by atoms with Crippen LogP contribution in [0, 0.1) is 0 Å². The Kier molecular flexibility index (Phi) is 64.8. The Morgan fingerprint density at radius 1 is 0.259 bits per heavy atom. The lowest BCUT2D eigenvalue weighted by Gasteiger charge is -2.18. The van der Waals surface area contributed by atoms with Crippen molar-refractivity contribution in [2.45, 2.75) is 322 Å². The number of unbranched alkanes of at least 4 members (excludes halogenated alkanes) is 30. The van der Waals surface area contributed by atoms with Crippen molar-refractivity contribution in [1.29, 1.82) is 0 Å². The topological polar surface area (TPSA) is 78.9 Å². The minimum Gasteiger partial charge on any atom is -0.462 e. The second-order valence-electron chi connectivity index (χ2n) is 22.3. The maximum Gasteiger partial charge on any atom is 0.306 e. The first-order valence-corrected chi connectivity index (χ1v) is 34.0. The van der Waals surface area contributed by atoms with E-state index in [1.165, 1.54) is 173 Å². The Labute approximate surface area is 501 Å². The van der Waals surface area contributed by atoms with Crippen LogP contribution in [0.2, 0.25) is 0 Å². The van der Waals surface area contributed by atoms with Gasteiger partial charge in [-0.2, -0.15) is 0 Å². The summed E-state index contributed by atoms with van der Waals surface area (Å²) in [5.74, 6) is -0.981. The van der Waals surface area contributed by atoms with Gasteiger partial charge in [0.25, 0.3) is 0 Å². The van der Waals surface area contributed by atoms with E-state index in [2.05, 4.69) is 136 Å². The molecule has 0 aromatic rings. The predicted molar refractivity (Wildman–Crippen MR) is 353 cm³/mol. The third kappa shape index (κ3) is 66.5. The molecule has 1 unspecified atom stereocenters. The molecule has 0 aliphatic rings. The molecule has 0 rings (SSSR count). The molecule has 0 aliphatic carbocycles. The molecule has 0 saturated carbocycles. The normalized spacial score (nSPS) is 12.9. The molecule has 0 fully saturated rings. The zero-order chi connectivity index (χ0) is 58.5. The molecule has 1 atom stereocenters. The van der Waals surface area contributed by atoms with Crippen LogP contribution in [0.25, 0.3) is 0 Å². The van der Waals surface area contributed by atoms with Gasteiger partial charge in [-0.3, -0.25) is 14.4 Å². The third-order valence-electron chi connectivity index (χ3n) is 14.4. The monoisotopic (exact) mass is 1120 g/mol. The van der Waals surface area contributed by atoms with Crippen LogP contribution in [0.15, 0.2) is 122 Å². The first-order valence-electron chi connectivity index (χ1n) is 34.0. The van der Waals surface area contributed by atoms with Gasteiger partial charge in [-0.25, -0.2) is 0 Å². The summed E-state index contributed by atoms with van der Waals surface area (Å²) in [4.78, 5) is 38.3.